The number of benzene rings is 1. The fourth-order valence-corrected chi connectivity index (χ4v) is 1.52. The summed E-state index contributed by atoms with van der Waals surface area (Å²) in [5.41, 5.74) is 0.547. The number of phenolic OH excluding ortho intramolecular Hbond substituents is 1. The van der Waals surface area contributed by atoms with E-state index in [9.17, 15) is 14.7 Å². The lowest BCUT2D eigenvalue weighted by atomic mass is 10.1. The van der Waals surface area contributed by atoms with Gasteiger partial charge in [-0.15, -0.1) is 0 Å². The number of hydrogen-bond donors (Lipinski definition) is 2. The van der Waals surface area contributed by atoms with Crippen molar-refractivity contribution in [3.05, 3.63) is 35.0 Å². The van der Waals surface area contributed by atoms with Crippen molar-refractivity contribution in [3.63, 3.8) is 0 Å². The maximum atomic E-state index is 11.7. The van der Waals surface area contributed by atoms with Crippen molar-refractivity contribution < 1.29 is 24.2 Å². The predicted octanol–water partition coefficient (Wildman–Crippen LogP) is 1.21. The number of hydrogen-bond acceptors (Lipinski definition) is 7. The fraction of sp³-hybridized carbons (Fsp3) is 0.214. The second-order valence-electron chi connectivity index (χ2n) is 3.94. The largest absolute Gasteiger partial charge is 0.508 e. The number of nitriles is 1. The van der Waals surface area contributed by atoms with E-state index in [0.29, 0.717) is 5.56 Å². The number of aromatic hydroxyl groups is 1. The molecule has 1 aromatic carbocycles. The van der Waals surface area contributed by atoms with Gasteiger partial charge in [-0.05, 0) is 19.1 Å². The molecule has 0 atom stereocenters. The first-order chi connectivity index (χ1) is 9.94. The zero-order valence-corrected chi connectivity index (χ0v) is 11.8. The molecule has 0 aliphatic carbocycles. The van der Waals surface area contributed by atoms with Gasteiger partial charge in [-0.25, -0.2) is 9.59 Å². The lowest BCUT2D eigenvalue weighted by Gasteiger charge is -2.13. The summed E-state index contributed by atoms with van der Waals surface area (Å²) in [6, 6.07) is 4.67. The number of phenols is 1. The van der Waals surface area contributed by atoms with Crippen LogP contribution >= 0.6 is 0 Å². The summed E-state index contributed by atoms with van der Waals surface area (Å²) in [7, 11) is 2.31. The number of nitrogens with zero attached hydrogens (tertiary/aromatic N) is 1. The zero-order valence-electron chi connectivity index (χ0n) is 11.8. The lowest BCUT2D eigenvalue weighted by Crippen LogP contribution is -2.16. The summed E-state index contributed by atoms with van der Waals surface area (Å²) in [5.74, 6) is -1.63. The molecular weight excluding hydrogens is 276 g/mol. The molecule has 0 spiro atoms. The molecule has 1 rings (SSSR count). The Labute approximate surface area is 121 Å². The van der Waals surface area contributed by atoms with Crippen LogP contribution in [0.5, 0.6) is 5.75 Å². The Kier molecular flexibility index (Phi) is 5.31. The van der Waals surface area contributed by atoms with E-state index >= 15 is 0 Å². The summed E-state index contributed by atoms with van der Waals surface area (Å²) < 4.78 is 9.00. The van der Waals surface area contributed by atoms with Crippen LogP contribution < -0.4 is 5.32 Å². The smallest absolute Gasteiger partial charge is 0.354 e. The van der Waals surface area contributed by atoms with Gasteiger partial charge in [0.05, 0.1) is 31.5 Å². The minimum Gasteiger partial charge on any atom is -0.508 e. The maximum absolute atomic E-state index is 11.7. The van der Waals surface area contributed by atoms with Crippen LogP contribution in [0.2, 0.25) is 0 Å². The SMILES string of the molecule is COC(=O)/C=C(/Nc1c(C#N)ccc(O)c1C)C(=O)OC. The lowest BCUT2D eigenvalue weighted by molar-refractivity contribution is -0.138. The number of anilines is 1. The van der Waals surface area contributed by atoms with Crippen LogP contribution in [0, 0.1) is 18.3 Å². The molecule has 21 heavy (non-hydrogen) atoms. The predicted molar refractivity (Wildman–Crippen MR) is 73.3 cm³/mol. The standard InChI is InChI=1S/C14H14N2O5/c1-8-11(17)5-4-9(7-15)13(8)16-10(14(19)21-3)6-12(18)20-2/h4-6,16-17H,1-3H3/b10-6+. The average Bonchev–Trinajstić information content (AvgIpc) is 2.50. The van der Waals surface area contributed by atoms with Gasteiger partial charge in [0.2, 0.25) is 0 Å². The van der Waals surface area contributed by atoms with Gasteiger partial charge in [0.15, 0.2) is 0 Å². The molecule has 0 heterocycles. The van der Waals surface area contributed by atoms with E-state index in [1.165, 1.54) is 12.1 Å². The molecule has 0 saturated carbocycles. The van der Waals surface area contributed by atoms with Gasteiger partial charge in [0, 0.05) is 5.56 Å². The Hall–Kier alpha value is -3.01. The summed E-state index contributed by atoms with van der Waals surface area (Å²) >= 11 is 0. The first kappa shape index (κ1) is 16.0. The number of ether oxygens (including phenoxy) is 2. The van der Waals surface area contributed by atoms with Gasteiger partial charge < -0.3 is 19.9 Å². The van der Waals surface area contributed by atoms with E-state index in [0.717, 1.165) is 20.3 Å². The Morgan fingerprint density at radius 2 is 2.00 bits per heavy atom. The molecule has 0 saturated heterocycles. The van der Waals surface area contributed by atoms with Crippen molar-refractivity contribution in [2.24, 2.45) is 0 Å². The molecule has 0 radical (unpaired) electrons. The van der Waals surface area contributed by atoms with E-state index < -0.39 is 11.9 Å². The minimum absolute atomic E-state index is 0.0567. The molecule has 7 nitrogen and oxygen atoms in total. The third kappa shape index (κ3) is 3.73. The van der Waals surface area contributed by atoms with E-state index in [-0.39, 0.29) is 22.7 Å². The zero-order chi connectivity index (χ0) is 16.0. The van der Waals surface area contributed by atoms with Crippen LogP contribution in [0.15, 0.2) is 23.9 Å². The summed E-state index contributed by atoms with van der Waals surface area (Å²) in [6.07, 6.45) is 0.899. The van der Waals surface area contributed by atoms with E-state index in [1.807, 2.05) is 6.07 Å². The van der Waals surface area contributed by atoms with Crippen LogP contribution in [-0.2, 0) is 19.1 Å². The molecule has 0 unspecified atom stereocenters. The molecule has 0 aliphatic rings. The van der Waals surface area contributed by atoms with Gasteiger partial charge >= 0.3 is 11.9 Å². The monoisotopic (exact) mass is 290 g/mol. The number of carbonyl (C=O) groups is 2. The summed E-state index contributed by atoms with van der Waals surface area (Å²) in [5, 5.41) is 21.4. The highest BCUT2D eigenvalue weighted by molar-refractivity contribution is 5.99. The Morgan fingerprint density at radius 3 is 2.52 bits per heavy atom. The molecule has 0 bridgehead atoms. The Morgan fingerprint density at radius 1 is 1.33 bits per heavy atom. The van der Waals surface area contributed by atoms with Gasteiger partial charge in [-0.1, -0.05) is 0 Å². The number of esters is 2. The molecule has 110 valence electrons. The van der Waals surface area contributed by atoms with Crippen molar-refractivity contribution in [2.75, 3.05) is 19.5 Å². The second-order valence-corrected chi connectivity index (χ2v) is 3.94. The van der Waals surface area contributed by atoms with Crippen molar-refractivity contribution in [2.45, 2.75) is 6.92 Å². The second kappa shape index (κ2) is 6.96. The van der Waals surface area contributed by atoms with Crippen LogP contribution in [-0.4, -0.2) is 31.3 Å². The van der Waals surface area contributed by atoms with Gasteiger partial charge in [0.25, 0.3) is 0 Å². The highest BCUT2D eigenvalue weighted by Gasteiger charge is 2.17. The van der Waals surface area contributed by atoms with Gasteiger partial charge in [-0.3, -0.25) is 0 Å². The molecule has 1 aromatic rings. The van der Waals surface area contributed by atoms with Crippen LogP contribution in [0.1, 0.15) is 11.1 Å². The van der Waals surface area contributed by atoms with E-state index in [4.69, 9.17) is 5.26 Å². The highest BCUT2D eigenvalue weighted by Crippen LogP contribution is 2.29. The first-order valence-corrected chi connectivity index (χ1v) is 5.82. The quantitative estimate of drug-likeness (QED) is 0.633. The summed E-state index contributed by atoms with van der Waals surface area (Å²) in [4.78, 5) is 22.9. The Balaban J connectivity index is 3.31. The average molecular weight is 290 g/mol. The molecule has 0 aromatic heterocycles. The van der Waals surface area contributed by atoms with Crippen LogP contribution in [0.4, 0.5) is 5.69 Å². The molecular formula is C14H14N2O5. The minimum atomic E-state index is -0.813. The molecule has 0 amide bonds. The molecule has 0 aliphatic heterocycles. The fourth-order valence-electron chi connectivity index (χ4n) is 1.52. The number of methoxy groups -OCH3 is 2. The normalized spacial score (nSPS) is 10.5. The third-order valence-corrected chi connectivity index (χ3v) is 2.69. The van der Waals surface area contributed by atoms with Gasteiger partial charge in [-0.2, -0.15) is 5.26 Å². The third-order valence-electron chi connectivity index (χ3n) is 2.69. The van der Waals surface area contributed by atoms with Gasteiger partial charge in [0.1, 0.15) is 17.5 Å². The molecule has 0 fully saturated rings. The van der Waals surface area contributed by atoms with Crippen molar-refractivity contribution >= 4 is 17.6 Å². The first-order valence-electron chi connectivity index (χ1n) is 5.82. The number of carbonyl (C=O) groups excluding carboxylic acids is 2. The number of rotatable bonds is 4. The van der Waals surface area contributed by atoms with E-state index in [1.54, 1.807) is 6.92 Å². The van der Waals surface area contributed by atoms with Crippen molar-refractivity contribution in [3.8, 4) is 11.8 Å². The Bertz CT molecular complexity index is 643. The highest BCUT2D eigenvalue weighted by atomic mass is 16.5. The molecule has 2 N–H and O–H groups in total. The van der Waals surface area contributed by atoms with Crippen molar-refractivity contribution in [1.29, 1.82) is 5.26 Å². The van der Waals surface area contributed by atoms with Crippen LogP contribution in [0.25, 0.3) is 0 Å². The summed E-state index contributed by atoms with van der Waals surface area (Å²) in [6.45, 7) is 1.56. The molecule has 7 heteroatoms. The van der Waals surface area contributed by atoms with Crippen LogP contribution in [0.3, 0.4) is 0 Å². The van der Waals surface area contributed by atoms with Crippen molar-refractivity contribution in [1.82, 2.24) is 0 Å². The van der Waals surface area contributed by atoms with E-state index in [2.05, 4.69) is 14.8 Å². The maximum Gasteiger partial charge on any atom is 0.354 e. The number of nitrogens with one attached hydrogen (secondary N) is 1. The topological polar surface area (TPSA) is 109 Å².